The van der Waals surface area contributed by atoms with Crippen molar-refractivity contribution < 1.29 is 5.11 Å². The Morgan fingerprint density at radius 2 is 1.89 bits per heavy atom. The van der Waals surface area contributed by atoms with Crippen molar-refractivity contribution in [3.05, 3.63) is 72.1 Å². The summed E-state index contributed by atoms with van der Waals surface area (Å²) in [5.41, 5.74) is 3.87. The Kier molecular flexibility index (Phi) is 5.05. The second kappa shape index (κ2) is 7.78. The molecular formula is C21H19ClN4O. The lowest BCUT2D eigenvalue weighted by Gasteiger charge is -2.08. The molecule has 6 heteroatoms. The van der Waals surface area contributed by atoms with Gasteiger partial charge in [-0.25, -0.2) is 9.97 Å². The lowest BCUT2D eigenvalue weighted by Crippen LogP contribution is -2.06. The maximum Gasteiger partial charge on any atom is 0.150 e. The molecule has 0 saturated carbocycles. The summed E-state index contributed by atoms with van der Waals surface area (Å²) in [7, 11) is 0. The normalized spacial score (nSPS) is 11.0. The van der Waals surface area contributed by atoms with Crippen molar-refractivity contribution in [3.63, 3.8) is 0 Å². The summed E-state index contributed by atoms with van der Waals surface area (Å²) in [5, 5.41) is 14.0. The number of aliphatic hydroxyl groups excluding tert-OH is 1. The zero-order valence-corrected chi connectivity index (χ0v) is 15.4. The van der Waals surface area contributed by atoms with Gasteiger partial charge in [0.15, 0.2) is 5.65 Å². The van der Waals surface area contributed by atoms with Crippen LogP contribution in [-0.2, 0) is 0 Å². The average Bonchev–Trinajstić information content (AvgIpc) is 3.09. The first-order valence-electron chi connectivity index (χ1n) is 8.80. The molecule has 0 amide bonds. The minimum absolute atomic E-state index is 0.135. The summed E-state index contributed by atoms with van der Waals surface area (Å²) in [6.07, 6.45) is 4.28. The van der Waals surface area contributed by atoms with Crippen molar-refractivity contribution in [1.29, 1.82) is 0 Å². The van der Waals surface area contributed by atoms with Crippen molar-refractivity contribution in [2.45, 2.75) is 6.42 Å². The molecule has 0 radical (unpaired) electrons. The summed E-state index contributed by atoms with van der Waals surface area (Å²) in [6, 6.07) is 17.9. The molecule has 0 atom stereocenters. The van der Waals surface area contributed by atoms with Crippen LogP contribution >= 0.6 is 11.6 Å². The Balaban J connectivity index is 1.94. The van der Waals surface area contributed by atoms with Crippen molar-refractivity contribution in [2.75, 3.05) is 18.5 Å². The van der Waals surface area contributed by atoms with Gasteiger partial charge in [0.2, 0.25) is 0 Å². The fourth-order valence-corrected chi connectivity index (χ4v) is 3.33. The van der Waals surface area contributed by atoms with Crippen LogP contribution in [0.1, 0.15) is 6.42 Å². The quantitative estimate of drug-likeness (QED) is 0.484. The molecule has 0 spiro atoms. The van der Waals surface area contributed by atoms with Crippen LogP contribution < -0.4 is 5.32 Å². The van der Waals surface area contributed by atoms with E-state index < -0.39 is 0 Å². The molecule has 0 fully saturated rings. The van der Waals surface area contributed by atoms with Crippen LogP contribution in [0.15, 0.2) is 67.1 Å². The monoisotopic (exact) mass is 378 g/mol. The van der Waals surface area contributed by atoms with Crippen LogP contribution in [0.25, 0.3) is 27.8 Å². The summed E-state index contributed by atoms with van der Waals surface area (Å²) in [5.74, 6) is 0.757. The van der Waals surface area contributed by atoms with Gasteiger partial charge in [-0.1, -0.05) is 48.0 Å². The summed E-state index contributed by atoms with van der Waals surface area (Å²) in [6.45, 7) is 0.773. The summed E-state index contributed by atoms with van der Waals surface area (Å²) in [4.78, 5) is 8.99. The predicted molar refractivity (Wildman–Crippen MR) is 110 cm³/mol. The van der Waals surface area contributed by atoms with Gasteiger partial charge in [0.05, 0.1) is 5.39 Å². The number of hydrogen-bond acceptors (Lipinski definition) is 4. The summed E-state index contributed by atoms with van der Waals surface area (Å²) < 4.78 is 2.03. The van der Waals surface area contributed by atoms with E-state index in [9.17, 15) is 0 Å². The first-order valence-corrected chi connectivity index (χ1v) is 9.18. The van der Waals surface area contributed by atoms with Gasteiger partial charge < -0.3 is 15.0 Å². The number of anilines is 1. The lowest BCUT2D eigenvalue weighted by molar-refractivity contribution is 0.292. The van der Waals surface area contributed by atoms with Gasteiger partial charge in [-0.05, 0) is 30.2 Å². The zero-order chi connectivity index (χ0) is 18.6. The molecule has 2 aromatic carbocycles. The molecule has 136 valence electrons. The van der Waals surface area contributed by atoms with E-state index in [2.05, 4.69) is 33.6 Å². The van der Waals surface area contributed by atoms with Crippen LogP contribution in [0.2, 0.25) is 5.02 Å². The van der Waals surface area contributed by atoms with Gasteiger partial charge in [0, 0.05) is 35.6 Å². The van der Waals surface area contributed by atoms with E-state index in [-0.39, 0.29) is 6.61 Å². The van der Waals surface area contributed by atoms with E-state index in [0.29, 0.717) is 18.0 Å². The minimum atomic E-state index is 0.135. The molecule has 0 aliphatic carbocycles. The molecule has 0 aliphatic heterocycles. The third-order valence-corrected chi connectivity index (χ3v) is 4.62. The van der Waals surface area contributed by atoms with Crippen LogP contribution in [-0.4, -0.2) is 32.8 Å². The van der Waals surface area contributed by atoms with Crippen molar-refractivity contribution in [1.82, 2.24) is 14.5 Å². The fraction of sp³-hybridized carbons (Fsp3) is 0.143. The number of nitrogens with one attached hydrogen (secondary N) is 1. The zero-order valence-electron chi connectivity index (χ0n) is 14.6. The Morgan fingerprint density at radius 1 is 1.04 bits per heavy atom. The highest BCUT2D eigenvalue weighted by atomic mass is 35.5. The highest BCUT2D eigenvalue weighted by Crippen LogP contribution is 2.35. The molecule has 4 rings (SSSR count). The van der Waals surface area contributed by atoms with Gasteiger partial charge in [-0.2, -0.15) is 0 Å². The standard InChI is InChI=1S/C21H19ClN4O/c22-16-8-4-9-17(12-16)26-13-18(15-6-2-1-3-7-15)19-20(23-10-5-11-27)24-14-25-21(19)26/h1-4,6-9,12-14,27H,5,10-11H2,(H,23,24,25). The van der Waals surface area contributed by atoms with Crippen molar-refractivity contribution in [2.24, 2.45) is 0 Å². The highest BCUT2D eigenvalue weighted by molar-refractivity contribution is 6.30. The molecule has 2 N–H and O–H groups in total. The van der Waals surface area contributed by atoms with E-state index in [1.165, 1.54) is 0 Å². The highest BCUT2D eigenvalue weighted by Gasteiger charge is 2.17. The second-order valence-electron chi connectivity index (χ2n) is 6.18. The number of aromatic nitrogens is 3. The number of benzene rings is 2. The molecule has 2 aromatic heterocycles. The maximum absolute atomic E-state index is 9.08. The minimum Gasteiger partial charge on any atom is -0.396 e. The van der Waals surface area contributed by atoms with Gasteiger partial charge in [-0.3, -0.25) is 0 Å². The Morgan fingerprint density at radius 3 is 2.67 bits per heavy atom. The first-order chi connectivity index (χ1) is 13.3. The third-order valence-electron chi connectivity index (χ3n) is 4.38. The predicted octanol–water partition coefficient (Wildman–Crippen LogP) is 4.54. The van der Waals surface area contributed by atoms with Gasteiger partial charge in [0.25, 0.3) is 0 Å². The number of halogens is 1. The van der Waals surface area contributed by atoms with Crippen LogP contribution in [0.4, 0.5) is 5.82 Å². The molecular weight excluding hydrogens is 360 g/mol. The first kappa shape index (κ1) is 17.5. The van der Waals surface area contributed by atoms with E-state index >= 15 is 0 Å². The maximum atomic E-state index is 9.08. The largest absolute Gasteiger partial charge is 0.396 e. The van der Waals surface area contributed by atoms with Crippen molar-refractivity contribution >= 4 is 28.5 Å². The van der Waals surface area contributed by atoms with E-state index in [1.807, 2.05) is 47.0 Å². The topological polar surface area (TPSA) is 63.0 Å². The molecule has 2 heterocycles. The van der Waals surface area contributed by atoms with Gasteiger partial charge in [-0.15, -0.1) is 0 Å². The molecule has 4 aromatic rings. The number of hydrogen-bond donors (Lipinski definition) is 2. The summed E-state index contributed by atoms with van der Waals surface area (Å²) >= 11 is 6.20. The third kappa shape index (κ3) is 3.52. The van der Waals surface area contributed by atoms with Gasteiger partial charge >= 0.3 is 0 Å². The van der Waals surface area contributed by atoms with Gasteiger partial charge in [0.1, 0.15) is 12.1 Å². The number of rotatable bonds is 6. The molecule has 0 unspecified atom stereocenters. The molecule has 0 bridgehead atoms. The fourth-order valence-electron chi connectivity index (χ4n) is 3.14. The Hall–Kier alpha value is -2.89. The van der Waals surface area contributed by atoms with Crippen LogP contribution in [0.5, 0.6) is 0 Å². The smallest absolute Gasteiger partial charge is 0.150 e. The molecule has 27 heavy (non-hydrogen) atoms. The van der Waals surface area contributed by atoms with Crippen molar-refractivity contribution in [3.8, 4) is 16.8 Å². The Bertz CT molecular complexity index is 1060. The van der Waals surface area contributed by atoms with E-state index in [0.717, 1.165) is 33.7 Å². The second-order valence-corrected chi connectivity index (χ2v) is 6.62. The van der Waals surface area contributed by atoms with Crippen LogP contribution in [0.3, 0.4) is 0 Å². The number of aliphatic hydroxyl groups is 1. The van der Waals surface area contributed by atoms with E-state index in [1.54, 1.807) is 6.33 Å². The number of nitrogens with zero attached hydrogens (tertiary/aromatic N) is 3. The average molecular weight is 379 g/mol. The van der Waals surface area contributed by atoms with E-state index in [4.69, 9.17) is 16.7 Å². The molecule has 5 nitrogen and oxygen atoms in total. The number of fused-ring (bicyclic) bond motifs is 1. The van der Waals surface area contributed by atoms with Crippen LogP contribution in [0, 0.1) is 0 Å². The molecule has 0 aliphatic rings. The SMILES string of the molecule is OCCCNc1ncnc2c1c(-c1ccccc1)cn2-c1cccc(Cl)c1. The Labute approximate surface area is 162 Å². The molecule has 0 saturated heterocycles. The lowest BCUT2D eigenvalue weighted by atomic mass is 10.1.